The molecule has 0 spiro atoms. The summed E-state index contributed by atoms with van der Waals surface area (Å²) in [7, 11) is 0. The molecule has 1 rings (SSSR count). The van der Waals surface area contributed by atoms with Gasteiger partial charge in [-0.1, -0.05) is 13.3 Å². The number of nitrogens with one attached hydrogen (secondary N) is 2. The highest BCUT2D eigenvalue weighted by atomic mass is 35.5. The Labute approximate surface area is 111 Å². The summed E-state index contributed by atoms with van der Waals surface area (Å²) in [6, 6.07) is 3.34. The summed E-state index contributed by atoms with van der Waals surface area (Å²) in [5, 5.41) is 18.0. The SMILES string of the molecule is CCCCOc1cccnc1C(=N)NC(=O)O.Cl. The van der Waals surface area contributed by atoms with Crippen molar-refractivity contribution in [1.82, 2.24) is 10.3 Å². The van der Waals surface area contributed by atoms with Crippen molar-refractivity contribution in [3.63, 3.8) is 0 Å². The second-order valence-electron chi connectivity index (χ2n) is 3.36. The molecule has 0 aliphatic rings. The molecule has 0 radical (unpaired) electrons. The van der Waals surface area contributed by atoms with Gasteiger partial charge in [0, 0.05) is 6.20 Å². The van der Waals surface area contributed by atoms with E-state index in [0.29, 0.717) is 12.4 Å². The lowest BCUT2D eigenvalue weighted by Gasteiger charge is -2.10. The first-order valence-electron chi connectivity index (χ1n) is 5.31. The molecule has 7 heteroatoms. The predicted molar refractivity (Wildman–Crippen MR) is 69.9 cm³/mol. The first kappa shape index (κ1) is 16.2. The van der Waals surface area contributed by atoms with Gasteiger partial charge < -0.3 is 9.84 Å². The molecule has 6 nitrogen and oxygen atoms in total. The van der Waals surface area contributed by atoms with E-state index in [1.54, 1.807) is 12.1 Å². The molecule has 1 aromatic rings. The number of unbranched alkanes of at least 4 members (excludes halogenated alkanes) is 1. The maximum Gasteiger partial charge on any atom is 0.410 e. The fourth-order valence-electron chi connectivity index (χ4n) is 1.19. The Morgan fingerprint density at radius 2 is 2.33 bits per heavy atom. The van der Waals surface area contributed by atoms with Crippen LogP contribution in [-0.4, -0.2) is 28.6 Å². The summed E-state index contributed by atoms with van der Waals surface area (Å²) in [6.07, 6.45) is 2.09. The average Bonchev–Trinajstić information content (AvgIpc) is 2.29. The van der Waals surface area contributed by atoms with Gasteiger partial charge >= 0.3 is 6.09 Å². The molecule has 0 atom stereocenters. The maximum absolute atomic E-state index is 10.4. The Morgan fingerprint density at radius 1 is 1.61 bits per heavy atom. The van der Waals surface area contributed by atoms with Gasteiger partial charge in [-0.05, 0) is 18.6 Å². The lowest BCUT2D eigenvalue weighted by Crippen LogP contribution is -2.29. The van der Waals surface area contributed by atoms with Crippen molar-refractivity contribution in [2.24, 2.45) is 0 Å². The number of hydrogen-bond acceptors (Lipinski definition) is 4. The molecule has 0 aliphatic heterocycles. The molecule has 100 valence electrons. The smallest absolute Gasteiger partial charge is 0.410 e. The molecule has 0 fully saturated rings. The van der Waals surface area contributed by atoms with Crippen LogP contribution < -0.4 is 10.1 Å². The largest absolute Gasteiger partial charge is 0.491 e. The highest BCUT2D eigenvalue weighted by molar-refractivity contribution is 6.04. The van der Waals surface area contributed by atoms with E-state index >= 15 is 0 Å². The molecule has 0 unspecified atom stereocenters. The van der Waals surface area contributed by atoms with Gasteiger partial charge in [0.15, 0.2) is 5.84 Å². The minimum absolute atomic E-state index is 0. The van der Waals surface area contributed by atoms with Crippen molar-refractivity contribution in [3.05, 3.63) is 24.0 Å². The summed E-state index contributed by atoms with van der Waals surface area (Å²) in [5.41, 5.74) is 0.200. The summed E-state index contributed by atoms with van der Waals surface area (Å²) in [4.78, 5) is 14.4. The van der Waals surface area contributed by atoms with Gasteiger partial charge in [0.2, 0.25) is 0 Å². The van der Waals surface area contributed by atoms with Gasteiger partial charge in [-0.25, -0.2) is 9.78 Å². The molecule has 0 saturated heterocycles. The third-order valence-electron chi connectivity index (χ3n) is 1.99. The average molecular weight is 274 g/mol. The lowest BCUT2D eigenvalue weighted by atomic mass is 10.3. The van der Waals surface area contributed by atoms with E-state index in [9.17, 15) is 4.79 Å². The molecule has 0 bridgehead atoms. The zero-order chi connectivity index (χ0) is 12.7. The van der Waals surface area contributed by atoms with E-state index < -0.39 is 6.09 Å². The Bertz CT molecular complexity index is 412. The molecular weight excluding hydrogens is 258 g/mol. The molecule has 1 aromatic heterocycles. The van der Waals surface area contributed by atoms with Gasteiger partial charge in [-0.3, -0.25) is 10.7 Å². The molecule has 3 N–H and O–H groups in total. The van der Waals surface area contributed by atoms with Crippen molar-refractivity contribution in [3.8, 4) is 5.75 Å². The van der Waals surface area contributed by atoms with Crippen LogP contribution in [0.1, 0.15) is 25.5 Å². The van der Waals surface area contributed by atoms with Gasteiger partial charge in [0.05, 0.1) is 6.61 Å². The molecule has 1 heterocycles. The van der Waals surface area contributed by atoms with Crippen LogP contribution in [0, 0.1) is 5.41 Å². The second-order valence-corrected chi connectivity index (χ2v) is 3.36. The number of carboxylic acid groups (broad SMARTS) is 1. The van der Waals surface area contributed by atoms with Crippen LogP contribution in [0.15, 0.2) is 18.3 Å². The van der Waals surface area contributed by atoms with Gasteiger partial charge in [0.1, 0.15) is 11.4 Å². The Balaban J connectivity index is 0.00000289. The Hall–Kier alpha value is -1.82. The summed E-state index contributed by atoms with van der Waals surface area (Å²) in [5.74, 6) is 0.129. The molecule has 0 saturated carbocycles. The number of ether oxygens (including phenoxy) is 1. The van der Waals surface area contributed by atoms with Crippen molar-refractivity contribution < 1.29 is 14.6 Å². The summed E-state index contributed by atoms with van der Waals surface area (Å²) < 4.78 is 5.44. The van der Waals surface area contributed by atoms with E-state index in [1.807, 2.05) is 12.2 Å². The molecule has 0 aromatic carbocycles. The third kappa shape index (κ3) is 5.01. The normalized spacial score (nSPS) is 9.17. The molecule has 18 heavy (non-hydrogen) atoms. The van der Waals surface area contributed by atoms with Crippen molar-refractivity contribution in [1.29, 1.82) is 5.41 Å². The number of rotatable bonds is 5. The summed E-state index contributed by atoms with van der Waals surface area (Å²) >= 11 is 0. The van der Waals surface area contributed by atoms with Crippen LogP contribution in [0.4, 0.5) is 4.79 Å². The number of carbonyl (C=O) groups is 1. The zero-order valence-corrected chi connectivity index (χ0v) is 10.8. The maximum atomic E-state index is 10.4. The van der Waals surface area contributed by atoms with Crippen LogP contribution in [0.5, 0.6) is 5.75 Å². The highest BCUT2D eigenvalue weighted by Gasteiger charge is 2.12. The number of nitrogens with zero attached hydrogens (tertiary/aromatic N) is 1. The van der Waals surface area contributed by atoms with Crippen molar-refractivity contribution in [2.45, 2.75) is 19.8 Å². The van der Waals surface area contributed by atoms with Gasteiger partial charge in [-0.2, -0.15) is 0 Å². The standard InChI is InChI=1S/C11H15N3O3.ClH/c1-2-3-7-17-8-5-4-6-13-9(8)10(12)14-11(15)16;/h4-6H,2-3,7H2,1H3,(H2,12,14)(H,15,16);1H. The zero-order valence-electron chi connectivity index (χ0n) is 9.97. The van der Waals surface area contributed by atoms with Crippen LogP contribution in [0.25, 0.3) is 0 Å². The minimum atomic E-state index is -1.29. The second kappa shape index (κ2) is 8.30. The highest BCUT2D eigenvalue weighted by Crippen LogP contribution is 2.15. The lowest BCUT2D eigenvalue weighted by molar-refractivity contribution is 0.200. The topological polar surface area (TPSA) is 95.3 Å². The van der Waals surface area contributed by atoms with Crippen molar-refractivity contribution >= 4 is 24.3 Å². The van der Waals surface area contributed by atoms with Gasteiger partial charge in [-0.15, -0.1) is 12.4 Å². The number of hydrogen-bond donors (Lipinski definition) is 3. The van der Waals surface area contributed by atoms with E-state index in [4.69, 9.17) is 15.3 Å². The van der Waals surface area contributed by atoms with Crippen LogP contribution >= 0.6 is 12.4 Å². The fourth-order valence-corrected chi connectivity index (χ4v) is 1.19. The van der Waals surface area contributed by atoms with Crippen LogP contribution in [-0.2, 0) is 0 Å². The number of aromatic nitrogens is 1. The molecular formula is C11H16ClN3O3. The quantitative estimate of drug-likeness (QED) is 0.436. The van der Waals surface area contributed by atoms with Gasteiger partial charge in [0.25, 0.3) is 0 Å². The first-order valence-corrected chi connectivity index (χ1v) is 5.31. The first-order chi connectivity index (χ1) is 8.15. The predicted octanol–water partition coefficient (Wildman–Crippen LogP) is 2.28. The summed E-state index contributed by atoms with van der Waals surface area (Å²) in [6.45, 7) is 2.57. The third-order valence-corrected chi connectivity index (χ3v) is 1.99. The Kier molecular flexibility index (Phi) is 7.46. The number of pyridine rings is 1. The van der Waals surface area contributed by atoms with Crippen LogP contribution in [0.2, 0.25) is 0 Å². The number of amides is 1. The number of halogens is 1. The van der Waals surface area contributed by atoms with E-state index in [2.05, 4.69) is 4.98 Å². The molecule has 1 amide bonds. The minimum Gasteiger partial charge on any atom is -0.491 e. The van der Waals surface area contributed by atoms with E-state index in [-0.39, 0.29) is 23.9 Å². The fraction of sp³-hybridized carbons (Fsp3) is 0.364. The number of amidine groups is 1. The monoisotopic (exact) mass is 273 g/mol. The molecule has 0 aliphatic carbocycles. The van der Waals surface area contributed by atoms with Crippen molar-refractivity contribution in [2.75, 3.05) is 6.61 Å². The van der Waals surface area contributed by atoms with Crippen LogP contribution in [0.3, 0.4) is 0 Å². The Morgan fingerprint density at radius 3 is 2.94 bits per heavy atom. The van der Waals surface area contributed by atoms with E-state index in [0.717, 1.165) is 12.8 Å². The van der Waals surface area contributed by atoms with E-state index in [1.165, 1.54) is 6.20 Å².